The first-order valence-corrected chi connectivity index (χ1v) is 5.36. The molecule has 0 fully saturated rings. The predicted octanol–water partition coefficient (Wildman–Crippen LogP) is 1.92. The largest absolute Gasteiger partial charge is 0.419 e. The van der Waals surface area contributed by atoms with Crippen LogP contribution in [0.5, 0.6) is 0 Å². The van der Waals surface area contributed by atoms with Crippen molar-refractivity contribution >= 4 is 28.1 Å². The second-order valence-electron chi connectivity index (χ2n) is 3.84. The molecule has 5 nitrogen and oxygen atoms in total. The van der Waals surface area contributed by atoms with E-state index >= 15 is 0 Å². The molecule has 0 N–H and O–H groups in total. The lowest BCUT2D eigenvalue weighted by atomic mass is 10.2. The summed E-state index contributed by atoms with van der Waals surface area (Å²) in [6, 6.07) is 5.30. The lowest BCUT2D eigenvalue weighted by molar-refractivity contribution is 0.230. The minimum atomic E-state index is -0.522. The van der Waals surface area contributed by atoms with Gasteiger partial charge in [-0.1, -0.05) is 6.07 Å². The van der Waals surface area contributed by atoms with Crippen molar-refractivity contribution in [3.8, 4) is 0 Å². The topological polar surface area (TPSA) is 55.5 Å². The molecule has 2 aromatic rings. The van der Waals surface area contributed by atoms with E-state index in [1.807, 2.05) is 0 Å². The molecule has 0 aliphatic heterocycles. The van der Waals surface area contributed by atoms with Gasteiger partial charge in [-0.2, -0.15) is 0 Å². The normalized spacial score (nSPS) is 10.8. The Hall–Kier alpha value is -1.75. The molecule has 0 aliphatic rings. The molecular formula is C11H11ClN2O3. The number of hydrogen-bond acceptors (Lipinski definition) is 3. The van der Waals surface area contributed by atoms with Gasteiger partial charge in [-0.25, -0.2) is 4.79 Å². The van der Waals surface area contributed by atoms with Crippen molar-refractivity contribution in [2.45, 2.75) is 6.54 Å². The standard InChI is InChI=1S/C11H11ClN2O3/c1-13(10(12)15)6-7-3-4-9-8(5-7)14(2)11(16)17-9/h3-5H,6H2,1-2H3. The van der Waals surface area contributed by atoms with Crippen molar-refractivity contribution in [2.75, 3.05) is 7.05 Å². The van der Waals surface area contributed by atoms with E-state index in [2.05, 4.69) is 0 Å². The highest BCUT2D eigenvalue weighted by molar-refractivity contribution is 6.62. The van der Waals surface area contributed by atoms with Crippen LogP contribution in [0.4, 0.5) is 4.79 Å². The molecule has 0 bridgehead atoms. The zero-order valence-corrected chi connectivity index (χ0v) is 10.2. The minimum Gasteiger partial charge on any atom is -0.408 e. The smallest absolute Gasteiger partial charge is 0.408 e. The molecule has 1 aromatic carbocycles. The van der Waals surface area contributed by atoms with E-state index in [1.165, 1.54) is 9.47 Å². The Labute approximate surface area is 102 Å². The first-order chi connectivity index (χ1) is 7.99. The third-order valence-corrected chi connectivity index (χ3v) is 2.86. The van der Waals surface area contributed by atoms with Gasteiger partial charge in [0.05, 0.1) is 5.52 Å². The van der Waals surface area contributed by atoms with Crippen LogP contribution in [0.25, 0.3) is 11.1 Å². The Morgan fingerprint density at radius 2 is 2.24 bits per heavy atom. The fraction of sp³-hybridized carbons (Fsp3) is 0.273. The molecule has 0 atom stereocenters. The summed E-state index contributed by atoms with van der Waals surface area (Å²) in [5.41, 5.74) is 2.11. The van der Waals surface area contributed by atoms with Gasteiger partial charge in [-0.15, -0.1) is 0 Å². The summed E-state index contributed by atoms with van der Waals surface area (Å²) in [4.78, 5) is 23.6. The molecular weight excluding hydrogens is 244 g/mol. The second kappa shape index (κ2) is 4.25. The number of amides is 1. The van der Waals surface area contributed by atoms with E-state index in [9.17, 15) is 9.59 Å². The number of fused-ring (bicyclic) bond motifs is 1. The van der Waals surface area contributed by atoms with Crippen molar-refractivity contribution in [1.29, 1.82) is 0 Å². The fourth-order valence-corrected chi connectivity index (χ4v) is 1.67. The monoisotopic (exact) mass is 254 g/mol. The maximum Gasteiger partial charge on any atom is 0.419 e. The van der Waals surface area contributed by atoms with Crippen LogP contribution in [0, 0.1) is 0 Å². The first-order valence-electron chi connectivity index (χ1n) is 4.98. The quantitative estimate of drug-likeness (QED) is 0.608. The van der Waals surface area contributed by atoms with Crippen molar-refractivity contribution < 1.29 is 9.21 Å². The second-order valence-corrected chi connectivity index (χ2v) is 4.16. The van der Waals surface area contributed by atoms with Crippen LogP contribution in [0.15, 0.2) is 27.4 Å². The van der Waals surface area contributed by atoms with Crippen LogP contribution in [0.3, 0.4) is 0 Å². The lowest BCUT2D eigenvalue weighted by Crippen LogP contribution is -2.20. The Balaban J connectivity index is 2.40. The van der Waals surface area contributed by atoms with Gasteiger partial charge in [0.15, 0.2) is 5.58 Å². The summed E-state index contributed by atoms with van der Waals surface area (Å²) in [6.07, 6.45) is 0. The van der Waals surface area contributed by atoms with E-state index in [1.54, 1.807) is 32.3 Å². The Bertz CT molecular complexity index is 629. The molecule has 6 heteroatoms. The van der Waals surface area contributed by atoms with E-state index in [0.717, 1.165) is 5.56 Å². The van der Waals surface area contributed by atoms with E-state index in [0.29, 0.717) is 17.6 Å². The average Bonchev–Trinajstić information content (AvgIpc) is 2.55. The maximum absolute atomic E-state index is 11.3. The van der Waals surface area contributed by atoms with E-state index < -0.39 is 11.1 Å². The summed E-state index contributed by atoms with van der Waals surface area (Å²) >= 11 is 5.35. The third-order valence-electron chi connectivity index (χ3n) is 2.58. The lowest BCUT2D eigenvalue weighted by Gasteiger charge is -2.12. The predicted molar refractivity (Wildman–Crippen MR) is 64.2 cm³/mol. The molecule has 0 aliphatic carbocycles. The van der Waals surface area contributed by atoms with Crippen LogP contribution >= 0.6 is 11.6 Å². The van der Waals surface area contributed by atoms with Gasteiger partial charge in [-0.05, 0) is 29.3 Å². The molecule has 17 heavy (non-hydrogen) atoms. The van der Waals surface area contributed by atoms with Crippen LogP contribution in [-0.2, 0) is 13.6 Å². The van der Waals surface area contributed by atoms with Crippen molar-refractivity contribution in [3.63, 3.8) is 0 Å². The minimum absolute atomic E-state index is 0.387. The fourth-order valence-electron chi connectivity index (χ4n) is 1.61. The van der Waals surface area contributed by atoms with Gasteiger partial charge < -0.3 is 9.32 Å². The number of carbonyl (C=O) groups excluding carboxylic acids is 1. The van der Waals surface area contributed by atoms with E-state index in [-0.39, 0.29) is 0 Å². The SMILES string of the molecule is CN(Cc1ccc2oc(=O)n(C)c2c1)C(=O)Cl. The summed E-state index contributed by atoms with van der Waals surface area (Å²) in [7, 11) is 3.24. The van der Waals surface area contributed by atoms with Crippen LogP contribution in [-0.4, -0.2) is 21.9 Å². The highest BCUT2D eigenvalue weighted by atomic mass is 35.5. The zero-order valence-electron chi connectivity index (χ0n) is 9.44. The number of aromatic nitrogens is 1. The van der Waals surface area contributed by atoms with Crippen molar-refractivity contribution in [3.05, 3.63) is 34.3 Å². The van der Waals surface area contributed by atoms with Gasteiger partial charge in [0.25, 0.3) is 0 Å². The summed E-state index contributed by atoms with van der Waals surface area (Å²) in [5, 5.41) is -0.522. The highest BCUT2D eigenvalue weighted by Gasteiger charge is 2.09. The van der Waals surface area contributed by atoms with Crippen molar-refractivity contribution in [1.82, 2.24) is 9.47 Å². The first kappa shape index (κ1) is 11.7. The molecule has 0 spiro atoms. The summed E-state index contributed by atoms with van der Waals surface area (Å²) in [5.74, 6) is -0.404. The third kappa shape index (κ3) is 2.19. The van der Waals surface area contributed by atoms with E-state index in [4.69, 9.17) is 16.0 Å². The summed E-state index contributed by atoms with van der Waals surface area (Å²) in [6.45, 7) is 0.387. The Morgan fingerprint density at radius 3 is 2.88 bits per heavy atom. The number of benzene rings is 1. The van der Waals surface area contributed by atoms with Gasteiger partial charge in [0.2, 0.25) is 0 Å². The summed E-state index contributed by atoms with van der Waals surface area (Å²) < 4.78 is 6.42. The average molecular weight is 255 g/mol. The maximum atomic E-state index is 11.3. The number of hydrogen-bond donors (Lipinski definition) is 0. The van der Waals surface area contributed by atoms with Gasteiger partial charge in [0, 0.05) is 20.6 Å². The van der Waals surface area contributed by atoms with Gasteiger partial charge >= 0.3 is 11.1 Å². The van der Waals surface area contributed by atoms with Gasteiger partial charge in [0.1, 0.15) is 0 Å². The molecule has 2 rings (SSSR count). The number of oxazole rings is 1. The number of halogens is 1. The molecule has 0 radical (unpaired) electrons. The number of carbonyl (C=O) groups is 1. The molecule has 0 unspecified atom stereocenters. The zero-order chi connectivity index (χ0) is 12.6. The van der Waals surface area contributed by atoms with Crippen molar-refractivity contribution in [2.24, 2.45) is 7.05 Å². The number of aryl methyl sites for hydroxylation is 1. The van der Waals surface area contributed by atoms with Crippen LogP contribution < -0.4 is 5.76 Å². The van der Waals surface area contributed by atoms with Crippen LogP contribution in [0.1, 0.15) is 5.56 Å². The molecule has 90 valence electrons. The Kier molecular flexibility index (Phi) is 2.93. The molecule has 1 heterocycles. The molecule has 0 saturated carbocycles. The number of rotatable bonds is 2. The highest BCUT2D eigenvalue weighted by Crippen LogP contribution is 2.15. The van der Waals surface area contributed by atoms with Crippen LogP contribution in [0.2, 0.25) is 0 Å². The molecule has 0 saturated heterocycles. The molecule has 1 amide bonds. The Morgan fingerprint density at radius 1 is 1.53 bits per heavy atom. The van der Waals surface area contributed by atoms with Gasteiger partial charge in [-0.3, -0.25) is 9.36 Å². The molecule has 1 aromatic heterocycles. The number of nitrogens with zero attached hydrogens (tertiary/aromatic N) is 2.